The van der Waals surface area contributed by atoms with Crippen molar-refractivity contribution in [1.29, 1.82) is 0 Å². The van der Waals surface area contributed by atoms with Gasteiger partial charge in [0.15, 0.2) is 0 Å². The number of hydrogen-bond donors (Lipinski definition) is 3. The van der Waals surface area contributed by atoms with E-state index in [1.54, 1.807) is 12.1 Å². The molecule has 0 amide bonds. The fourth-order valence-corrected chi connectivity index (χ4v) is 2.13. The SMILES string of the molecule is OB(O)c1cccc(NC2CCCCC2)n1. The minimum atomic E-state index is -1.49. The van der Waals surface area contributed by atoms with Gasteiger partial charge in [0, 0.05) is 6.04 Å². The molecule has 1 aliphatic rings. The van der Waals surface area contributed by atoms with Gasteiger partial charge in [-0.3, -0.25) is 0 Å². The van der Waals surface area contributed by atoms with E-state index >= 15 is 0 Å². The Hall–Kier alpha value is -1.07. The van der Waals surface area contributed by atoms with Crippen LogP contribution in [-0.4, -0.2) is 28.2 Å². The van der Waals surface area contributed by atoms with Crippen LogP contribution in [0.5, 0.6) is 0 Å². The number of hydrogen-bond acceptors (Lipinski definition) is 4. The Balaban J connectivity index is 2.00. The second kappa shape index (κ2) is 5.32. The molecule has 0 aliphatic heterocycles. The van der Waals surface area contributed by atoms with Crippen molar-refractivity contribution in [3.05, 3.63) is 18.2 Å². The number of aromatic nitrogens is 1. The van der Waals surface area contributed by atoms with Gasteiger partial charge in [-0.25, -0.2) is 4.98 Å². The van der Waals surface area contributed by atoms with Crippen LogP contribution in [0.4, 0.5) is 5.82 Å². The van der Waals surface area contributed by atoms with Crippen LogP contribution in [0.15, 0.2) is 18.2 Å². The van der Waals surface area contributed by atoms with Crippen molar-refractivity contribution in [2.24, 2.45) is 0 Å². The maximum absolute atomic E-state index is 9.02. The van der Waals surface area contributed by atoms with Crippen LogP contribution in [-0.2, 0) is 0 Å². The molecule has 0 spiro atoms. The highest BCUT2D eigenvalue weighted by Gasteiger charge is 2.16. The van der Waals surface area contributed by atoms with Crippen LogP contribution in [0.1, 0.15) is 32.1 Å². The Labute approximate surface area is 95.9 Å². The normalized spacial score (nSPS) is 17.1. The van der Waals surface area contributed by atoms with Gasteiger partial charge in [-0.2, -0.15) is 0 Å². The maximum Gasteiger partial charge on any atom is 0.508 e. The van der Waals surface area contributed by atoms with Crippen molar-refractivity contribution in [2.45, 2.75) is 38.1 Å². The quantitative estimate of drug-likeness (QED) is 0.649. The van der Waals surface area contributed by atoms with E-state index in [-0.39, 0.29) is 0 Å². The monoisotopic (exact) mass is 220 g/mol. The molecule has 0 radical (unpaired) electrons. The smallest absolute Gasteiger partial charge is 0.422 e. The van der Waals surface area contributed by atoms with Gasteiger partial charge in [-0.1, -0.05) is 25.3 Å². The molecule has 0 aromatic carbocycles. The van der Waals surface area contributed by atoms with Crippen molar-refractivity contribution in [2.75, 3.05) is 5.32 Å². The fourth-order valence-electron chi connectivity index (χ4n) is 2.13. The molecule has 1 aliphatic carbocycles. The van der Waals surface area contributed by atoms with Gasteiger partial charge >= 0.3 is 7.12 Å². The average Bonchev–Trinajstić information content (AvgIpc) is 2.30. The Bertz CT molecular complexity index is 341. The molecule has 16 heavy (non-hydrogen) atoms. The summed E-state index contributed by atoms with van der Waals surface area (Å²) in [6.07, 6.45) is 6.20. The van der Waals surface area contributed by atoms with Gasteiger partial charge in [0.05, 0.1) is 5.59 Å². The van der Waals surface area contributed by atoms with Crippen LogP contribution in [0.3, 0.4) is 0 Å². The largest absolute Gasteiger partial charge is 0.508 e. The van der Waals surface area contributed by atoms with Gasteiger partial charge in [-0.15, -0.1) is 0 Å². The van der Waals surface area contributed by atoms with Crippen molar-refractivity contribution in [3.8, 4) is 0 Å². The van der Waals surface area contributed by atoms with E-state index in [1.807, 2.05) is 6.07 Å². The van der Waals surface area contributed by atoms with Crippen molar-refractivity contribution in [3.63, 3.8) is 0 Å². The summed E-state index contributed by atoms with van der Waals surface area (Å²) in [6, 6.07) is 5.73. The average molecular weight is 220 g/mol. The van der Waals surface area contributed by atoms with Crippen LogP contribution in [0.2, 0.25) is 0 Å². The minimum Gasteiger partial charge on any atom is -0.422 e. The highest BCUT2D eigenvalue weighted by Crippen LogP contribution is 2.20. The molecule has 0 unspecified atom stereocenters. The van der Waals surface area contributed by atoms with Crippen molar-refractivity contribution >= 4 is 18.5 Å². The zero-order chi connectivity index (χ0) is 11.4. The number of nitrogens with zero attached hydrogens (tertiary/aromatic N) is 1. The molecule has 4 nitrogen and oxygen atoms in total. The summed E-state index contributed by atoms with van der Waals surface area (Å²) in [5, 5.41) is 21.4. The molecule has 86 valence electrons. The number of rotatable bonds is 3. The number of pyridine rings is 1. The highest BCUT2D eigenvalue weighted by atomic mass is 16.4. The lowest BCUT2D eigenvalue weighted by Crippen LogP contribution is -2.33. The predicted molar refractivity (Wildman–Crippen MR) is 64.6 cm³/mol. The molecular weight excluding hydrogens is 203 g/mol. The summed E-state index contributed by atoms with van der Waals surface area (Å²) in [7, 11) is -1.49. The van der Waals surface area contributed by atoms with Gasteiger partial charge in [0.1, 0.15) is 5.82 Å². The molecule has 3 N–H and O–H groups in total. The van der Waals surface area contributed by atoms with Crippen LogP contribution in [0.25, 0.3) is 0 Å². The van der Waals surface area contributed by atoms with Crippen LogP contribution in [0, 0.1) is 0 Å². The third-order valence-electron chi connectivity index (χ3n) is 2.99. The Kier molecular flexibility index (Phi) is 3.80. The summed E-state index contributed by atoms with van der Waals surface area (Å²) < 4.78 is 0. The Morgan fingerprint density at radius 2 is 1.94 bits per heavy atom. The first kappa shape index (κ1) is 11.4. The van der Waals surface area contributed by atoms with E-state index in [4.69, 9.17) is 10.0 Å². The summed E-state index contributed by atoms with van der Waals surface area (Å²) >= 11 is 0. The molecule has 0 saturated heterocycles. The van der Waals surface area contributed by atoms with E-state index < -0.39 is 7.12 Å². The Morgan fingerprint density at radius 3 is 2.62 bits per heavy atom. The van der Waals surface area contributed by atoms with Gasteiger partial charge in [0.25, 0.3) is 0 Å². The summed E-state index contributed by atoms with van der Waals surface area (Å²) in [4.78, 5) is 4.16. The topological polar surface area (TPSA) is 65.4 Å². The van der Waals surface area contributed by atoms with Gasteiger partial charge in [-0.05, 0) is 25.0 Å². The number of nitrogens with one attached hydrogen (secondary N) is 1. The fraction of sp³-hybridized carbons (Fsp3) is 0.545. The van der Waals surface area contributed by atoms with Crippen molar-refractivity contribution in [1.82, 2.24) is 4.98 Å². The minimum absolute atomic E-state index is 0.292. The van der Waals surface area contributed by atoms with E-state index in [0.29, 0.717) is 11.6 Å². The van der Waals surface area contributed by atoms with E-state index in [0.717, 1.165) is 5.82 Å². The summed E-state index contributed by atoms with van der Waals surface area (Å²) in [6.45, 7) is 0. The summed E-state index contributed by atoms with van der Waals surface area (Å²) in [5.74, 6) is 0.734. The van der Waals surface area contributed by atoms with E-state index in [2.05, 4.69) is 10.3 Å². The van der Waals surface area contributed by atoms with Crippen LogP contribution >= 0.6 is 0 Å². The molecule has 1 heterocycles. The first-order valence-corrected chi connectivity index (χ1v) is 5.85. The van der Waals surface area contributed by atoms with Crippen molar-refractivity contribution < 1.29 is 10.0 Å². The number of anilines is 1. The third-order valence-corrected chi connectivity index (χ3v) is 2.99. The molecule has 0 atom stereocenters. The molecule has 2 rings (SSSR count). The van der Waals surface area contributed by atoms with Gasteiger partial charge < -0.3 is 15.4 Å². The lowest BCUT2D eigenvalue weighted by atomic mass is 9.86. The molecule has 5 heteroatoms. The van der Waals surface area contributed by atoms with E-state index in [9.17, 15) is 0 Å². The standard InChI is InChI=1S/C11H17BN2O2/c15-12(16)10-7-4-8-11(14-10)13-9-5-2-1-3-6-9/h4,7-9,15-16H,1-3,5-6H2,(H,13,14). The lowest BCUT2D eigenvalue weighted by Gasteiger charge is -2.23. The first-order valence-electron chi connectivity index (χ1n) is 5.85. The van der Waals surface area contributed by atoms with Gasteiger partial charge in [0.2, 0.25) is 0 Å². The van der Waals surface area contributed by atoms with Crippen LogP contribution < -0.4 is 10.9 Å². The summed E-state index contributed by atoms with van der Waals surface area (Å²) in [5.41, 5.74) is 0.292. The zero-order valence-corrected chi connectivity index (χ0v) is 9.26. The Morgan fingerprint density at radius 1 is 1.19 bits per heavy atom. The highest BCUT2D eigenvalue weighted by molar-refractivity contribution is 6.57. The zero-order valence-electron chi connectivity index (χ0n) is 9.26. The molecule has 1 saturated carbocycles. The molecule has 1 fully saturated rings. The second-order valence-corrected chi connectivity index (χ2v) is 4.30. The maximum atomic E-state index is 9.02. The lowest BCUT2D eigenvalue weighted by molar-refractivity contribution is 0.424. The molecule has 1 aromatic heterocycles. The van der Waals surface area contributed by atoms with E-state index in [1.165, 1.54) is 32.1 Å². The first-order chi connectivity index (χ1) is 7.75. The second-order valence-electron chi connectivity index (χ2n) is 4.30. The predicted octanol–water partition coefficient (Wildman–Crippen LogP) is 0.506. The molecule has 0 bridgehead atoms. The molecule has 1 aromatic rings. The third kappa shape index (κ3) is 2.96. The molecular formula is C11H17BN2O2.